The minimum atomic E-state index is -0.749. The van der Waals surface area contributed by atoms with E-state index in [4.69, 9.17) is 0 Å². The molecule has 1 fully saturated rings. The molecule has 2 aromatic carbocycles. The third-order valence-corrected chi connectivity index (χ3v) is 6.84. The van der Waals surface area contributed by atoms with Gasteiger partial charge in [0.05, 0.1) is 16.6 Å². The Balaban J connectivity index is 1.45. The van der Waals surface area contributed by atoms with Gasteiger partial charge in [-0.2, -0.15) is 0 Å². The molecule has 0 unspecified atom stereocenters. The first-order valence-electron chi connectivity index (χ1n) is 10.2. The van der Waals surface area contributed by atoms with Gasteiger partial charge < -0.3 is 10.6 Å². The predicted molar refractivity (Wildman–Crippen MR) is 123 cm³/mol. The summed E-state index contributed by atoms with van der Waals surface area (Å²) in [7, 11) is 1.75. The van der Waals surface area contributed by atoms with Crippen LogP contribution in [0.4, 0.5) is 10.1 Å². The zero-order chi connectivity index (χ0) is 22.8. The lowest BCUT2D eigenvalue weighted by Gasteiger charge is -2.28. The standard InChI is InChI=1S/C23H23FN4O3S/c1-14-20(23(31)28(27(14)2)17-6-4-3-5-7-17)26-21(29)18-13-32-19(22(30)25-18)12-15-8-10-16(24)11-9-15/h3-11,18-19H,12-13H2,1-2H3,(H,25,30)(H,26,29)/t18-,19-/m0/s1. The van der Waals surface area contributed by atoms with Crippen molar-refractivity contribution < 1.29 is 14.0 Å². The van der Waals surface area contributed by atoms with E-state index in [0.29, 0.717) is 23.6 Å². The molecule has 7 nitrogen and oxygen atoms in total. The Morgan fingerprint density at radius 3 is 2.50 bits per heavy atom. The highest BCUT2D eigenvalue weighted by atomic mass is 32.2. The molecule has 4 rings (SSSR count). The third-order valence-electron chi connectivity index (χ3n) is 5.53. The zero-order valence-electron chi connectivity index (χ0n) is 17.7. The zero-order valence-corrected chi connectivity index (χ0v) is 18.5. The second kappa shape index (κ2) is 9.04. The largest absolute Gasteiger partial charge is 0.343 e. The molecule has 0 radical (unpaired) electrons. The molecular formula is C23H23FN4O3S. The van der Waals surface area contributed by atoms with Gasteiger partial charge in [0.2, 0.25) is 11.8 Å². The first-order valence-corrected chi connectivity index (χ1v) is 11.2. The first kappa shape index (κ1) is 21.9. The average Bonchev–Trinajstić information content (AvgIpc) is 3.00. The monoisotopic (exact) mass is 454 g/mol. The van der Waals surface area contributed by atoms with Gasteiger partial charge in [-0.05, 0) is 43.2 Å². The van der Waals surface area contributed by atoms with Crippen molar-refractivity contribution in [1.82, 2.24) is 14.7 Å². The summed E-state index contributed by atoms with van der Waals surface area (Å²) in [5.74, 6) is -0.634. The molecule has 2 heterocycles. The number of aromatic nitrogens is 2. The lowest BCUT2D eigenvalue weighted by molar-refractivity contribution is -0.126. The van der Waals surface area contributed by atoms with Crippen LogP contribution in [-0.4, -0.2) is 38.2 Å². The van der Waals surface area contributed by atoms with Crippen LogP contribution < -0.4 is 16.2 Å². The molecule has 0 saturated carbocycles. The highest BCUT2D eigenvalue weighted by Crippen LogP contribution is 2.23. The molecule has 0 bridgehead atoms. The van der Waals surface area contributed by atoms with E-state index < -0.39 is 11.9 Å². The lowest BCUT2D eigenvalue weighted by Crippen LogP contribution is -2.53. The van der Waals surface area contributed by atoms with Crippen LogP contribution in [0.5, 0.6) is 0 Å². The summed E-state index contributed by atoms with van der Waals surface area (Å²) in [6, 6.07) is 14.4. The van der Waals surface area contributed by atoms with Gasteiger partial charge in [-0.1, -0.05) is 30.3 Å². The van der Waals surface area contributed by atoms with Crippen LogP contribution in [0.3, 0.4) is 0 Å². The van der Waals surface area contributed by atoms with Gasteiger partial charge in [-0.25, -0.2) is 9.07 Å². The van der Waals surface area contributed by atoms with Crippen molar-refractivity contribution in [2.45, 2.75) is 24.6 Å². The Labute approximate surface area is 188 Å². The van der Waals surface area contributed by atoms with Crippen molar-refractivity contribution in [1.29, 1.82) is 0 Å². The number of anilines is 1. The Morgan fingerprint density at radius 2 is 1.84 bits per heavy atom. The summed E-state index contributed by atoms with van der Waals surface area (Å²) in [6.45, 7) is 1.75. The lowest BCUT2D eigenvalue weighted by atomic mass is 10.1. The van der Waals surface area contributed by atoms with Crippen LogP contribution in [0, 0.1) is 12.7 Å². The molecule has 3 aromatic rings. The second-order valence-corrected chi connectivity index (χ2v) is 8.88. The normalized spacial score (nSPS) is 18.3. The maximum Gasteiger partial charge on any atom is 0.295 e. The molecule has 1 aliphatic rings. The second-order valence-electron chi connectivity index (χ2n) is 7.64. The maximum atomic E-state index is 13.1. The van der Waals surface area contributed by atoms with Gasteiger partial charge in [0.15, 0.2) is 0 Å². The summed E-state index contributed by atoms with van der Waals surface area (Å²) in [4.78, 5) is 38.4. The summed E-state index contributed by atoms with van der Waals surface area (Å²) in [5, 5.41) is 5.09. The van der Waals surface area contributed by atoms with Crippen molar-refractivity contribution in [3.63, 3.8) is 0 Å². The van der Waals surface area contributed by atoms with Gasteiger partial charge >= 0.3 is 0 Å². The van der Waals surface area contributed by atoms with Crippen molar-refractivity contribution in [2.75, 3.05) is 11.1 Å². The molecule has 0 spiro atoms. The number of nitrogens with one attached hydrogen (secondary N) is 2. The summed E-state index contributed by atoms with van der Waals surface area (Å²) < 4.78 is 16.3. The number of amides is 2. The molecule has 1 aromatic heterocycles. The number of nitrogens with zero attached hydrogens (tertiary/aromatic N) is 2. The van der Waals surface area contributed by atoms with Gasteiger partial charge in [0.25, 0.3) is 5.56 Å². The third kappa shape index (κ3) is 4.34. The van der Waals surface area contributed by atoms with E-state index in [1.807, 2.05) is 30.3 Å². The summed E-state index contributed by atoms with van der Waals surface area (Å²) in [5.41, 5.74) is 2.00. The molecule has 32 heavy (non-hydrogen) atoms. The fourth-order valence-electron chi connectivity index (χ4n) is 3.64. The highest BCUT2D eigenvalue weighted by Gasteiger charge is 2.33. The minimum absolute atomic E-state index is 0.189. The number of benzene rings is 2. The van der Waals surface area contributed by atoms with Crippen molar-refractivity contribution >= 4 is 29.3 Å². The topological polar surface area (TPSA) is 85.1 Å². The van der Waals surface area contributed by atoms with Crippen molar-refractivity contribution in [3.05, 3.63) is 82.0 Å². The number of carbonyl (C=O) groups excluding carboxylic acids is 2. The average molecular weight is 455 g/mol. The van der Waals surface area contributed by atoms with E-state index in [1.165, 1.54) is 28.6 Å². The Morgan fingerprint density at radius 1 is 1.16 bits per heavy atom. The number of para-hydroxylation sites is 1. The predicted octanol–water partition coefficient (Wildman–Crippen LogP) is 2.40. The molecule has 1 saturated heterocycles. The fraction of sp³-hybridized carbons (Fsp3) is 0.261. The Kier molecular flexibility index (Phi) is 6.18. The number of hydrogen-bond acceptors (Lipinski definition) is 4. The van der Waals surface area contributed by atoms with Gasteiger partial charge in [-0.15, -0.1) is 11.8 Å². The van der Waals surface area contributed by atoms with E-state index in [1.54, 1.807) is 30.8 Å². The number of thioether (sulfide) groups is 1. The van der Waals surface area contributed by atoms with Crippen molar-refractivity contribution in [2.24, 2.45) is 7.05 Å². The van der Waals surface area contributed by atoms with Crippen LogP contribution in [0.2, 0.25) is 0 Å². The highest BCUT2D eigenvalue weighted by molar-refractivity contribution is 8.00. The molecule has 2 atom stereocenters. The van der Waals surface area contributed by atoms with E-state index in [-0.39, 0.29) is 28.2 Å². The van der Waals surface area contributed by atoms with E-state index >= 15 is 0 Å². The van der Waals surface area contributed by atoms with Crippen LogP contribution in [0.25, 0.3) is 5.69 Å². The summed E-state index contributed by atoms with van der Waals surface area (Å²) in [6.07, 6.45) is 0.449. The molecule has 2 N–H and O–H groups in total. The van der Waals surface area contributed by atoms with Crippen LogP contribution in [0.1, 0.15) is 11.3 Å². The Bertz CT molecular complexity index is 1200. The van der Waals surface area contributed by atoms with Gasteiger partial charge in [-0.3, -0.25) is 19.1 Å². The van der Waals surface area contributed by atoms with Gasteiger partial charge in [0.1, 0.15) is 17.5 Å². The quantitative estimate of drug-likeness (QED) is 0.620. The van der Waals surface area contributed by atoms with Gasteiger partial charge in [0, 0.05) is 12.8 Å². The smallest absolute Gasteiger partial charge is 0.295 e. The Hall–Kier alpha value is -3.33. The maximum absolute atomic E-state index is 13.1. The van der Waals surface area contributed by atoms with E-state index in [0.717, 1.165) is 5.56 Å². The number of rotatable bonds is 5. The van der Waals surface area contributed by atoms with E-state index in [2.05, 4.69) is 10.6 Å². The molecule has 2 amide bonds. The number of hydrogen-bond donors (Lipinski definition) is 2. The SMILES string of the molecule is Cc1c(NC(=O)[C@@H]2CS[C@@H](Cc3ccc(F)cc3)C(=O)N2)c(=O)n(-c2ccccc2)n1C. The summed E-state index contributed by atoms with van der Waals surface area (Å²) >= 11 is 1.38. The number of halogens is 1. The molecule has 1 aliphatic heterocycles. The molecule has 0 aliphatic carbocycles. The number of carbonyl (C=O) groups is 2. The molecule has 9 heteroatoms. The molecular weight excluding hydrogens is 431 g/mol. The molecule has 166 valence electrons. The van der Waals surface area contributed by atoms with E-state index in [9.17, 15) is 18.8 Å². The fourth-order valence-corrected chi connectivity index (χ4v) is 4.83. The van der Waals surface area contributed by atoms with Crippen LogP contribution in [0.15, 0.2) is 59.4 Å². The van der Waals surface area contributed by atoms with Crippen molar-refractivity contribution in [3.8, 4) is 5.69 Å². The minimum Gasteiger partial charge on any atom is -0.343 e. The van der Waals surface area contributed by atoms with Crippen LogP contribution >= 0.6 is 11.8 Å². The van der Waals surface area contributed by atoms with Crippen LogP contribution in [-0.2, 0) is 23.1 Å². The first-order chi connectivity index (χ1) is 15.3.